The number of rotatable bonds is 11. The van der Waals surface area contributed by atoms with Gasteiger partial charge < -0.3 is 21.5 Å². The van der Waals surface area contributed by atoms with Crippen molar-refractivity contribution in [3.05, 3.63) is 0 Å². The molecule has 0 spiro atoms. The number of carbonyl (C=O) groups is 3. The van der Waals surface area contributed by atoms with Gasteiger partial charge in [0.2, 0.25) is 11.8 Å². The molecule has 0 heterocycles. The zero-order valence-electron chi connectivity index (χ0n) is 16.3. The number of nitrogens with two attached hydrogens (primary N) is 1. The van der Waals surface area contributed by atoms with Crippen LogP contribution in [0.3, 0.4) is 0 Å². The van der Waals surface area contributed by atoms with E-state index in [2.05, 4.69) is 10.6 Å². The third-order valence-electron chi connectivity index (χ3n) is 5.13. The van der Waals surface area contributed by atoms with Crippen molar-refractivity contribution in [1.29, 1.82) is 0 Å². The third kappa shape index (κ3) is 7.02. The van der Waals surface area contributed by atoms with Gasteiger partial charge in [-0.05, 0) is 17.8 Å². The average molecular weight is 357 g/mol. The molecule has 7 heteroatoms. The Kier molecular flexibility index (Phi) is 10.4. The van der Waals surface area contributed by atoms with Crippen LogP contribution < -0.4 is 16.4 Å². The predicted octanol–water partition coefficient (Wildman–Crippen LogP) is 1.51. The molecule has 0 unspecified atom stereocenters. The summed E-state index contributed by atoms with van der Waals surface area (Å²) in [6, 6.07) is -2.49. The largest absolute Gasteiger partial charge is 0.480 e. The van der Waals surface area contributed by atoms with Gasteiger partial charge in [0.1, 0.15) is 12.1 Å². The van der Waals surface area contributed by atoms with Crippen LogP contribution in [0.4, 0.5) is 0 Å². The lowest BCUT2D eigenvalue weighted by Gasteiger charge is -2.29. The fourth-order valence-corrected chi connectivity index (χ4v) is 2.39. The number of hydrogen-bond acceptors (Lipinski definition) is 4. The van der Waals surface area contributed by atoms with Crippen LogP contribution in [0.15, 0.2) is 0 Å². The Bertz CT molecular complexity index is 456. The summed E-state index contributed by atoms with van der Waals surface area (Å²) in [7, 11) is 0. The first-order valence-corrected chi connectivity index (χ1v) is 9.19. The molecule has 0 saturated carbocycles. The molecular weight excluding hydrogens is 322 g/mol. The van der Waals surface area contributed by atoms with Crippen molar-refractivity contribution in [2.45, 2.75) is 78.9 Å². The summed E-state index contributed by atoms with van der Waals surface area (Å²) >= 11 is 0. The van der Waals surface area contributed by atoms with E-state index in [1.807, 2.05) is 34.6 Å². The Hall–Kier alpha value is -1.63. The summed E-state index contributed by atoms with van der Waals surface area (Å²) in [6.07, 6.45) is 2.04. The maximum atomic E-state index is 12.6. The van der Waals surface area contributed by atoms with Gasteiger partial charge in [0.25, 0.3) is 0 Å². The third-order valence-corrected chi connectivity index (χ3v) is 5.13. The Morgan fingerprint density at radius 3 is 1.60 bits per heavy atom. The number of hydrogen-bond donors (Lipinski definition) is 4. The molecule has 2 amide bonds. The zero-order valence-corrected chi connectivity index (χ0v) is 16.3. The molecule has 146 valence electrons. The van der Waals surface area contributed by atoms with E-state index >= 15 is 0 Å². The first-order chi connectivity index (χ1) is 11.6. The fraction of sp³-hybridized carbons (Fsp3) is 0.833. The molecule has 0 aliphatic rings. The minimum absolute atomic E-state index is 0.00692. The number of carboxylic acids is 1. The highest BCUT2D eigenvalue weighted by Gasteiger charge is 2.33. The second-order valence-corrected chi connectivity index (χ2v) is 6.99. The molecular formula is C18H35N3O4. The minimum atomic E-state index is -1.08. The van der Waals surface area contributed by atoms with Gasteiger partial charge in [0, 0.05) is 0 Å². The van der Waals surface area contributed by atoms with E-state index in [1.54, 1.807) is 6.92 Å². The Morgan fingerprint density at radius 2 is 1.20 bits per heavy atom. The summed E-state index contributed by atoms with van der Waals surface area (Å²) in [5.41, 5.74) is 5.94. The van der Waals surface area contributed by atoms with Crippen LogP contribution in [0.5, 0.6) is 0 Å². The van der Waals surface area contributed by atoms with E-state index in [1.165, 1.54) is 0 Å². The number of aliphatic carboxylic acids is 1. The van der Waals surface area contributed by atoms with Crippen molar-refractivity contribution in [3.8, 4) is 0 Å². The summed E-state index contributed by atoms with van der Waals surface area (Å²) < 4.78 is 0. The van der Waals surface area contributed by atoms with E-state index < -0.39 is 30.0 Å². The van der Waals surface area contributed by atoms with Gasteiger partial charge in [-0.25, -0.2) is 4.79 Å². The number of carboxylic acid groups (broad SMARTS) is 1. The highest BCUT2D eigenvalue weighted by Crippen LogP contribution is 2.13. The van der Waals surface area contributed by atoms with Crippen molar-refractivity contribution in [2.75, 3.05) is 0 Å². The molecule has 0 aromatic heterocycles. The quantitative estimate of drug-likeness (QED) is 0.446. The summed E-state index contributed by atoms with van der Waals surface area (Å²) in [4.78, 5) is 36.4. The van der Waals surface area contributed by atoms with Crippen molar-refractivity contribution in [2.24, 2.45) is 23.5 Å². The van der Waals surface area contributed by atoms with Crippen LogP contribution in [0.2, 0.25) is 0 Å². The number of carbonyl (C=O) groups excluding carboxylic acids is 2. The Balaban J connectivity index is 5.23. The molecule has 0 aliphatic carbocycles. The molecule has 0 fully saturated rings. The van der Waals surface area contributed by atoms with Crippen LogP contribution >= 0.6 is 0 Å². The molecule has 0 rings (SSSR count). The Morgan fingerprint density at radius 1 is 0.800 bits per heavy atom. The molecule has 7 nitrogen and oxygen atoms in total. The first kappa shape index (κ1) is 23.4. The molecule has 25 heavy (non-hydrogen) atoms. The molecule has 0 radical (unpaired) electrons. The van der Waals surface area contributed by atoms with Crippen LogP contribution in [-0.4, -0.2) is 41.0 Å². The minimum Gasteiger partial charge on any atom is -0.480 e. The number of amides is 2. The second-order valence-electron chi connectivity index (χ2n) is 6.99. The SMILES string of the molecule is CC[C@@H](C)[C@H](NC(=O)[C@@H](NC(=O)[C@@H](N)[C@@H](C)CC)[C@@H](C)CC)C(=O)O. The maximum absolute atomic E-state index is 12.6. The fourth-order valence-electron chi connectivity index (χ4n) is 2.39. The number of nitrogens with one attached hydrogen (secondary N) is 2. The van der Waals surface area contributed by atoms with E-state index in [4.69, 9.17) is 5.73 Å². The first-order valence-electron chi connectivity index (χ1n) is 9.19. The van der Waals surface area contributed by atoms with Gasteiger partial charge in [-0.2, -0.15) is 0 Å². The summed E-state index contributed by atoms with van der Waals surface area (Å²) in [5, 5.41) is 14.6. The second kappa shape index (κ2) is 11.1. The molecule has 0 aromatic rings. The molecule has 0 aromatic carbocycles. The van der Waals surface area contributed by atoms with Crippen molar-refractivity contribution < 1.29 is 19.5 Å². The van der Waals surface area contributed by atoms with E-state index in [0.717, 1.165) is 6.42 Å². The van der Waals surface area contributed by atoms with Gasteiger partial charge in [0.15, 0.2) is 0 Å². The van der Waals surface area contributed by atoms with Crippen molar-refractivity contribution in [1.82, 2.24) is 10.6 Å². The standard InChI is InChI=1S/C18H35N3O4/c1-7-10(4)13(19)16(22)20-14(11(5)8-2)17(23)21-15(18(24)25)12(6)9-3/h10-15H,7-9,19H2,1-6H3,(H,20,22)(H,21,23)(H,24,25)/t10-,11-,12+,13-,14-,15-/m0/s1. The molecule has 0 bridgehead atoms. The van der Waals surface area contributed by atoms with Gasteiger partial charge in [0.05, 0.1) is 6.04 Å². The highest BCUT2D eigenvalue weighted by atomic mass is 16.4. The van der Waals surface area contributed by atoms with Crippen LogP contribution in [-0.2, 0) is 14.4 Å². The van der Waals surface area contributed by atoms with Gasteiger partial charge in [-0.15, -0.1) is 0 Å². The van der Waals surface area contributed by atoms with Crippen molar-refractivity contribution in [3.63, 3.8) is 0 Å². The van der Waals surface area contributed by atoms with Gasteiger partial charge >= 0.3 is 5.97 Å². The summed E-state index contributed by atoms with van der Waals surface area (Å²) in [5.74, 6) is -2.30. The summed E-state index contributed by atoms with van der Waals surface area (Å²) in [6.45, 7) is 11.2. The highest BCUT2D eigenvalue weighted by molar-refractivity contribution is 5.92. The van der Waals surface area contributed by atoms with Crippen LogP contribution in [0.25, 0.3) is 0 Å². The molecule has 0 saturated heterocycles. The predicted molar refractivity (Wildman–Crippen MR) is 97.8 cm³/mol. The molecule has 6 atom stereocenters. The topological polar surface area (TPSA) is 122 Å². The van der Waals surface area contributed by atoms with Crippen LogP contribution in [0.1, 0.15) is 60.8 Å². The Labute approximate surface area is 151 Å². The lowest BCUT2D eigenvalue weighted by molar-refractivity contribution is -0.144. The lowest BCUT2D eigenvalue weighted by Crippen LogP contribution is -2.58. The van der Waals surface area contributed by atoms with E-state index in [0.29, 0.717) is 12.8 Å². The van der Waals surface area contributed by atoms with E-state index in [-0.39, 0.29) is 23.7 Å². The van der Waals surface area contributed by atoms with Gasteiger partial charge in [-0.1, -0.05) is 60.8 Å². The van der Waals surface area contributed by atoms with Gasteiger partial charge in [-0.3, -0.25) is 9.59 Å². The smallest absolute Gasteiger partial charge is 0.326 e. The van der Waals surface area contributed by atoms with Crippen molar-refractivity contribution >= 4 is 17.8 Å². The monoisotopic (exact) mass is 357 g/mol. The van der Waals surface area contributed by atoms with E-state index in [9.17, 15) is 19.5 Å². The zero-order chi connectivity index (χ0) is 19.7. The average Bonchev–Trinajstić information content (AvgIpc) is 2.60. The maximum Gasteiger partial charge on any atom is 0.326 e. The molecule has 0 aliphatic heterocycles. The lowest BCUT2D eigenvalue weighted by atomic mass is 9.94. The van der Waals surface area contributed by atoms with Crippen LogP contribution in [0, 0.1) is 17.8 Å². The normalized spacial score (nSPS) is 18.4. The molecule has 5 N–H and O–H groups in total.